The number of rotatable bonds is 0. The molecule has 1 unspecified atom stereocenters. The molecular weight excluding hydrogens is 298 g/mol. The van der Waals surface area contributed by atoms with E-state index in [-0.39, 0.29) is 18.4 Å². The predicted octanol–water partition coefficient (Wildman–Crippen LogP) is 0.730. The van der Waals surface area contributed by atoms with Crippen LogP contribution in [-0.4, -0.2) is 38.0 Å². The van der Waals surface area contributed by atoms with E-state index in [1.165, 1.54) is 0 Å². The van der Waals surface area contributed by atoms with Crippen molar-refractivity contribution in [3.8, 4) is 0 Å². The second kappa shape index (κ2) is 4.07. The van der Waals surface area contributed by atoms with Gasteiger partial charge in [0.1, 0.15) is 6.04 Å². The number of para-hydroxylation sites is 1. The zero-order chi connectivity index (χ0) is 12.9. The molecule has 2 aliphatic heterocycles. The van der Waals surface area contributed by atoms with Crippen molar-refractivity contribution in [3.63, 3.8) is 0 Å². The monoisotopic (exact) mass is 309 g/mol. The van der Waals surface area contributed by atoms with Gasteiger partial charge in [-0.25, -0.2) is 0 Å². The molecule has 0 spiro atoms. The first-order valence-corrected chi connectivity index (χ1v) is 6.49. The van der Waals surface area contributed by atoms with Crippen LogP contribution >= 0.6 is 15.9 Å². The van der Waals surface area contributed by atoms with E-state index in [4.69, 9.17) is 0 Å². The van der Waals surface area contributed by atoms with Gasteiger partial charge in [0.05, 0.1) is 17.9 Å². The van der Waals surface area contributed by atoms with Gasteiger partial charge in [-0.2, -0.15) is 0 Å². The van der Waals surface area contributed by atoms with Crippen molar-refractivity contribution in [3.05, 3.63) is 22.7 Å². The third-order valence-electron chi connectivity index (χ3n) is 3.37. The molecule has 0 saturated carbocycles. The first-order valence-electron chi connectivity index (χ1n) is 5.70. The van der Waals surface area contributed by atoms with Crippen molar-refractivity contribution in [1.29, 1.82) is 0 Å². The van der Waals surface area contributed by atoms with Crippen LogP contribution in [0.4, 0.5) is 11.4 Å². The summed E-state index contributed by atoms with van der Waals surface area (Å²) < 4.78 is 0.820. The molecule has 2 aliphatic rings. The number of amides is 2. The second-order valence-corrected chi connectivity index (χ2v) is 5.27. The van der Waals surface area contributed by atoms with Crippen molar-refractivity contribution < 1.29 is 9.59 Å². The third kappa shape index (κ3) is 1.49. The normalized spacial score (nSPS) is 22.9. The van der Waals surface area contributed by atoms with Gasteiger partial charge in [0.2, 0.25) is 5.91 Å². The lowest BCUT2D eigenvalue weighted by atomic mass is 10.0. The number of nitrogens with one attached hydrogen (secondary N) is 1. The van der Waals surface area contributed by atoms with Crippen molar-refractivity contribution in [2.75, 3.05) is 29.9 Å². The maximum atomic E-state index is 12.3. The molecule has 1 atom stereocenters. The summed E-state index contributed by atoms with van der Waals surface area (Å²) in [4.78, 5) is 27.5. The van der Waals surface area contributed by atoms with E-state index in [0.29, 0.717) is 6.54 Å². The number of carbonyl (C=O) groups excluding carboxylic acids is 2. The van der Waals surface area contributed by atoms with Crippen LogP contribution in [-0.2, 0) is 9.59 Å². The Morgan fingerprint density at radius 1 is 1.39 bits per heavy atom. The van der Waals surface area contributed by atoms with Gasteiger partial charge in [-0.3, -0.25) is 14.5 Å². The minimum atomic E-state index is -0.432. The van der Waals surface area contributed by atoms with Crippen LogP contribution in [0.1, 0.15) is 0 Å². The number of nitrogens with zero attached hydrogens (tertiary/aromatic N) is 2. The van der Waals surface area contributed by atoms with Crippen molar-refractivity contribution in [2.24, 2.45) is 0 Å². The molecule has 6 heteroatoms. The highest BCUT2D eigenvalue weighted by Gasteiger charge is 2.42. The van der Waals surface area contributed by atoms with Gasteiger partial charge < -0.3 is 10.2 Å². The van der Waals surface area contributed by atoms with Crippen LogP contribution in [0.25, 0.3) is 0 Å². The summed E-state index contributed by atoms with van der Waals surface area (Å²) >= 11 is 3.44. The zero-order valence-electron chi connectivity index (χ0n) is 9.81. The first-order chi connectivity index (χ1) is 8.61. The van der Waals surface area contributed by atoms with Crippen LogP contribution in [0.2, 0.25) is 0 Å². The van der Waals surface area contributed by atoms with Gasteiger partial charge in [0.25, 0.3) is 5.91 Å². The number of piperazine rings is 1. The van der Waals surface area contributed by atoms with E-state index in [0.717, 1.165) is 15.8 Å². The third-order valence-corrected chi connectivity index (χ3v) is 4.01. The molecule has 0 aliphatic carbocycles. The van der Waals surface area contributed by atoms with Crippen molar-refractivity contribution in [1.82, 2.24) is 5.32 Å². The molecule has 3 rings (SSSR count). The molecule has 1 aromatic carbocycles. The summed E-state index contributed by atoms with van der Waals surface area (Å²) in [5.41, 5.74) is 1.55. The minimum Gasteiger partial charge on any atom is -0.311 e. The molecule has 18 heavy (non-hydrogen) atoms. The Morgan fingerprint density at radius 2 is 2.17 bits per heavy atom. The summed E-state index contributed by atoms with van der Waals surface area (Å²) in [6, 6.07) is 5.19. The molecule has 0 bridgehead atoms. The van der Waals surface area contributed by atoms with E-state index in [2.05, 4.69) is 21.2 Å². The fourth-order valence-electron chi connectivity index (χ4n) is 2.53. The molecule has 94 valence electrons. The van der Waals surface area contributed by atoms with Gasteiger partial charge in [0.15, 0.2) is 0 Å². The van der Waals surface area contributed by atoms with Crippen LogP contribution < -0.4 is 15.1 Å². The quantitative estimate of drug-likeness (QED) is 0.769. The molecule has 1 fully saturated rings. The molecule has 1 saturated heterocycles. The lowest BCUT2D eigenvalue weighted by Crippen LogP contribution is -2.63. The highest BCUT2D eigenvalue weighted by Crippen LogP contribution is 2.41. The highest BCUT2D eigenvalue weighted by molar-refractivity contribution is 9.10. The van der Waals surface area contributed by atoms with Gasteiger partial charge in [-0.15, -0.1) is 0 Å². The molecule has 0 radical (unpaired) electrons. The van der Waals surface area contributed by atoms with Crippen molar-refractivity contribution in [2.45, 2.75) is 6.04 Å². The number of halogens is 1. The number of carbonyl (C=O) groups is 2. The number of hydrogen-bond donors (Lipinski definition) is 1. The summed E-state index contributed by atoms with van der Waals surface area (Å²) in [6.45, 7) is 0.778. The molecule has 2 heterocycles. The van der Waals surface area contributed by atoms with E-state index in [9.17, 15) is 9.59 Å². The summed E-state index contributed by atoms with van der Waals surface area (Å²) in [5.74, 6) is -0.123. The molecule has 0 aromatic heterocycles. The van der Waals surface area contributed by atoms with Crippen LogP contribution in [0, 0.1) is 0 Å². The fraction of sp³-hybridized carbons (Fsp3) is 0.333. The Hall–Kier alpha value is -1.40. The number of benzene rings is 1. The lowest BCUT2D eigenvalue weighted by molar-refractivity contribution is -0.126. The van der Waals surface area contributed by atoms with Gasteiger partial charge in [-0.05, 0) is 28.1 Å². The Bertz CT molecular complexity index is 546. The Labute approximate surface area is 113 Å². The van der Waals surface area contributed by atoms with Gasteiger partial charge in [0, 0.05) is 18.1 Å². The second-order valence-electron chi connectivity index (χ2n) is 4.42. The van der Waals surface area contributed by atoms with E-state index >= 15 is 0 Å². The average molecular weight is 310 g/mol. The molecule has 5 nitrogen and oxygen atoms in total. The Kier molecular flexibility index (Phi) is 2.64. The standard InChI is InChI=1S/C12H12BrN3O2/c1-15-11-7(13)3-2-4-8(11)16-9(12(15)18)5-14-6-10(16)17/h2-4,9,14H,5-6H2,1H3. The summed E-state index contributed by atoms with van der Waals surface area (Å²) in [6.07, 6.45) is 0. The summed E-state index contributed by atoms with van der Waals surface area (Å²) in [5, 5.41) is 2.98. The fourth-order valence-corrected chi connectivity index (χ4v) is 3.15. The van der Waals surface area contributed by atoms with E-state index in [1.807, 2.05) is 18.2 Å². The topological polar surface area (TPSA) is 52.7 Å². The SMILES string of the molecule is CN1C(=O)C2CNCC(=O)N2c2cccc(Br)c21. The number of likely N-dealkylation sites (N-methyl/N-ethyl adjacent to an activating group) is 1. The van der Waals surface area contributed by atoms with Crippen LogP contribution in [0.15, 0.2) is 22.7 Å². The van der Waals surface area contributed by atoms with Crippen molar-refractivity contribution >= 4 is 39.1 Å². The Morgan fingerprint density at radius 3 is 2.94 bits per heavy atom. The predicted molar refractivity (Wildman–Crippen MR) is 71.7 cm³/mol. The smallest absolute Gasteiger partial charge is 0.251 e. The minimum absolute atomic E-state index is 0.0602. The molecule has 2 amide bonds. The maximum Gasteiger partial charge on any atom is 0.251 e. The number of fused-ring (bicyclic) bond motifs is 3. The van der Waals surface area contributed by atoms with Crippen LogP contribution in [0.5, 0.6) is 0 Å². The zero-order valence-corrected chi connectivity index (χ0v) is 11.4. The van der Waals surface area contributed by atoms with E-state index < -0.39 is 6.04 Å². The highest BCUT2D eigenvalue weighted by atomic mass is 79.9. The average Bonchev–Trinajstić information content (AvgIpc) is 2.35. The molecule has 1 aromatic rings. The number of hydrogen-bond acceptors (Lipinski definition) is 3. The number of anilines is 2. The van der Waals surface area contributed by atoms with Gasteiger partial charge in [-0.1, -0.05) is 6.07 Å². The van der Waals surface area contributed by atoms with Crippen LogP contribution in [0.3, 0.4) is 0 Å². The Balaban J connectivity index is 2.21. The largest absolute Gasteiger partial charge is 0.311 e. The summed E-state index contributed by atoms with van der Waals surface area (Å²) in [7, 11) is 1.74. The first kappa shape index (κ1) is 11.7. The van der Waals surface area contributed by atoms with E-state index in [1.54, 1.807) is 16.8 Å². The molecule has 1 N–H and O–H groups in total. The lowest BCUT2D eigenvalue weighted by Gasteiger charge is -2.43. The van der Waals surface area contributed by atoms with Gasteiger partial charge >= 0.3 is 0 Å². The molecular formula is C12H12BrN3O2. The maximum absolute atomic E-state index is 12.3.